The Morgan fingerprint density at radius 3 is 2.68 bits per heavy atom. The molecular formula is C15H21N3O. The molecule has 1 aliphatic heterocycles. The van der Waals surface area contributed by atoms with Gasteiger partial charge in [0.1, 0.15) is 11.9 Å². The normalized spacial score (nSPS) is 16.3. The SMILES string of the molecule is CN(C)Cc1cc(C#N)cc(OC2CCNCC2)c1. The van der Waals surface area contributed by atoms with Gasteiger partial charge in [-0.3, -0.25) is 0 Å². The molecule has 2 rings (SSSR count). The Kier molecular flexibility index (Phi) is 4.78. The molecule has 0 unspecified atom stereocenters. The molecule has 4 nitrogen and oxygen atoms in total. The first-order chi connectivity index (χ1) is 9.17. The number of benzene rings is 1. The third-order valence-electron chi connectivity index (χ3n) is 3.18. The predicted molar refractivity (Wildman–Crippen MR) is 75.1 cm³/mol. The van der Waals surface area contributed by atoms with Crippen molar-refractivity contribution in [1.29, 1.82) is 5.26 Å². The van der Waals surface area contributed by atoms with Gasteiger partial charge in [0.05, 0.1) is 11.6 Å². The summed E-state index contributed by atoms with van der Waals surface area (Å²) >= 11 is 0. The zero-order valence-electron chi connectivity index (χ0n) is 11.6. The van der Waals surface area contributed by atoms with Crippen LogP contribution in [-0.2, 0) is 6.54 Å². The van der Waals surface area contributed by atoms with E-state index in [2.05, 4.69) is 16.3 Å². The van der Waals surface area contributed by atoms with E-state index in [0.717, 1.165) is 43.8 Å². The summed E-state index contributed by atoms with van der Waals surface area (Å²) in [5.41, 5.74) is 1.79. The highest BCUT2D eigenvalue weighted by molar-refractivity contribution is 5.40. The van der Waals surface area contributed by atoms with Crippen molar-refractivity contribution in [2.24, 2.45) is 0 Å². The molecule has 0 bridgehead atoms. The lowest BCUT2D eigenvalue weighted by molar-refractivity contribution is 0.162. The fourth-order valence-electron chi connectivity index (χ4n) is 2.36. The Hall–Kier alpha value is -1.57. The van der Waals surface area contributed by atoms with Gasteiger partial charge in [-0.1, -0.05) is 0 Å². The number of hydrogen-bond donors (Lipinski definition) is 1. The number of ether oxygens (including phenoxy) is 1. The minimum Gasteiger partial charge on any atom is -0.490 e. The lowest BCUT2D eigenvalue weighted by Gasteiger charge is -2.24. The first kappa shape index (κ1) is 13.9. The van der Waals surface area contributed by atoms with Gasteiger partial charge in [0, 0.05) is 6.54 Å². The van der Waals surface area contributed by atoms with Gasteiger partial charge >= 0.3 is 0 Å². The standard InChI is InChI=1S/C15H21N3O/c1-18(2)11-13-7-12(10-16)8-15(9-13)19-14-3-5-17-6-4-14/h7-9,14,17H,3-6,11H2,1-2H3. The molecule has 1 heterocycles. The van der Waals surface area contributed by atoms with Crippen LogP contribution < -0.4 is 10.1 Å². The van der Waals surface area contributed by atoms with Crippen LogP contribution >= 0.6 is 0 Å². The van der Waals surface area contributed by atoms with Gasteiger partial charge in [0.15, 0.2) is 0 Å². The molecule has 0 amide bonds. The fraction of sp³-hybridized carbons (Fsp3) is 0.533. The largest absolute Gasteiger partial charge is 0.490 e. The average molecular weight is 259 g/mol. The van der Waals surface area contributed by atoms with Crippen LogP contribution in [0, 0.1) is 11.3 Å². The summed E-state index contributed by atoms with van der Waals surface area (Å²) in [6.07, 6.45) is 2.32. The van der Waals surface area contributed by atoms with Crippen molar-refractivity contribution in [2.75, 3.05) is 27.2 Å². The van der Waals surface area contributed by atoms with Crippen LogP contribution in [-0.4, -0.2) is 38.2 Å². The van der Waals surface area contributed by atoms with E-state index in [1.807, 2.05) is 32.3 Å². The molecule has 0 spiro atoms. The lowest BCUT2D eigenvalue weighted by Crippen LogP contribution is -2.34. The first-order valence-corrected chi connectivity index (χ1v) is 6.73. The van der Waals surface area contributed by atoms with E-state index in [4.69, 9.17) is 10.00 Å². The summed E-state index contributed by atoms with van der Waals surface area (Å²) in [7, 11) is 4.04. The van der Waals surface area contributed by atoms with Gasteiger partial charge in [-0.15, -0.1) is 0 Å². The second-order valence-electron chi connectivity index (χ2n) is 5.28. The van der Waals surface area contributed by atoms with Crippen molar-refractivity contribution < 1.29 is 4.74 Å². The third-order valence-corrected chi connectivity index (χ3v) is 3.18. The zero-order valence-corrected chi connectivity index (χ0v) is 11.6. The number of nitrogens with one attached hydrogen (secondary N) is 1. The van der Waals surface area contributed by atoms with E-state index in [-0.39, 0.29) is 6.10 Å². The molecule has 1 saturated heterocycles. The Labute approximate surface area is 115 Å². The van der Waals surface area contributed by atoms with Crippen LogP contribution in [0.4, 0.5) is 0 Å². The fourth-order valence-corrected chi connectivity index (χ4v) is 2.36. The molecule has 1 aromatic rings. The number of hydrogen-bond acceptors (Lipinski definition) is 4. The minimum absolute atomic E-state index is 0.266. The van der Waals surface area contributed by atoms with Crippen LogP contribution in [0.5, 0.6) is 5.75 Å². The second-order valence-corrected chi connectivity index (χ2v) is 5.28. The van der Waals surface area contributed by atoms with Gasteiger partial charge in [0.25, 0.3) is 0 Å². The molecule has 0 saturated carbocycles. The highest BCUT2D eigenvalue weighted by Crippen LogP contribution is 2.21. The Bertz CT molecular complexity index is 459. The number of nitrogens with zero attached hydrogens (tertiary/aromatic N) is 2. The summed E-state index contributed by atoms with van der Waals surface area (Å²) in [5.74, 6) is 0.822. The molecular weight excluding hydrogens is 238 g/mol. The van der Waals surface area contributed by atoms with Gasteiger partial charge < -0.3 is 15.0 Å². The van der Waals surface area contributed by atoms with Crippen LogP contribution in [0.25, 0.3) is 0 Å². The predicted octanol–water partition coefficient (Wildman–Crippen LogP) is 1.75. The summed E-state index contributed by atoms with van der Waals surface area (Å²) in [6, 6.07) is 8.01. The third kappa shape index (κ3) is 4.23. The van der Waals surface area contributed by atoms with Gasteiger partial charge in [0.2, 0.25) is 0 Å². The van der Waals surface area contributed by atoms with E-state index in [1.54, 1.807) is 0 Å². The Balaban J connectivity index is 2.12. The van der Waals surface area contributed by atoms with E-state index >= 15 is 0 Å². The minimum atomic E-state index is 0.266. The van der Waals surface area contributed by atoms with E-state index in [0.29, 0.717) is 5.56 Å². The molecule has 102 valence electrons. The van der Waals surface area contributed by atoms with Gasteiger partial charge in [-0.25, -0.2) is 0 Å². The quantitative estimate of drug-likeness (QED) is 0.895. The van der Waals surface area contributed by atoms with Crippen LogP contribution in [0.2, 0.25) is 0 Å². The maximum Gasteiger partial charge on any atom is 0.121 e. The maximum atomic E-state index is 9.10. The highest BCUT2D eigenvalue weighted by Gasteiger charge is 2.15. The highest BCUT2D eigenvalue weighted by atomic mass is 16.5. The number of rotatable bonds is 4. The number of nitriles is 1. The molecule has 1 fully saturated rings. The van der Waals surface area contributed by atoms with E-state index in [9.17, 15) is 0 Å². The van der Waals surface area contributed by atoms with Crippen LogP contribution in [0.1, 0.15) is 24.0 Å². The van der Waals surface area contributed by atoms with Crippen LogP contribution in [0.15, 0.2) is 18.2 Å². The number of piperidine rings is 1. The molecule has 1 N–H and O–H groups in total. The summed E-state index contributed by atoms with van der Waals surface area (Å²) in [6.45, 7) is 2.83. The molecule has 4 heteroatoms. The van der Waals surface area contributed by atoms with Crippen LogP contribution in [0.3, 0.4) is 0 Å². The van der Waals surface area contributed by atoms with Gasteiger partial charge in [-0.2, -0.15) is 5.26 Å². The lowest BCUT2D eigenvalue weighted by atomic mass is 10.1. The average Bonchev–Trinajstić information content (AvgIpc) is 2.38. The Morgan fingerprint density at radius 2 is 2.05 bits per heavy atom. The summed E-state index contributed by atoms with van der Waals surface area (Å²) in [4.78, 5) is 2.09. The van der Waals surface area contributed by atoms with Crippen molar-refractivity contribution >= 4 is 0 Å². The second kappa shape index (κ2) is 6.55. The van der Waals surface area contributed by atoms with Gasteiger partial charge in [-0.05, 0) is 63.8 Å². The van der Waals surface area contributed by atoms with E-state index in [1.165, 1.54) is 0 Å². The maximum absolute atomic E-state index is 9.10. The van der Waals surface area contributed by atoms with Crippen molar-refractivity contribution in [3.05, 3.63) is 29.3 Å². The zero-order chi connectivity index (χ0) is 13.7. The smallest absolute Gasteiger partial charge is 0.121 e. The van der Waals surface area contributed by atoms with E-state index < -0.39 is 0 Å². The summed E-state index contributed by atoms with van der Waals surface area (Å²) in [5, 5.41) is 12.4. The van der Waals surface area contributed by atoms with Crippen molar-refractivity contribution in [2.45, 2.75) is 25.5 Å². The van der Waals surface area contributed by atoms with Crippen molar-refractivity contribution in [3.63, 3.8) is 0 Å². The molecule has 0 aromatic heterocycles. The molecule has 0 radical (unpaired) electrons. The molecule has 1 aromatic carbocycles. The summed E-state index contributed by atoms with van der Waals surface area (Å²) < 4.78 is 6.01. The first-order valence-electron chi connectivity index (χ1n) is 6.73. The molecule has 0 aliphatic carbocycles. The molecule has 1 aliphatic rings. The Morgan fingerprint density at radius 1 is 1.32 bits per heavy atom. The molecule has 19 heavy (non-hydrogen) atoms. The topological polar surface area (TPSA) is 48.3 Å². The van der Waals surface area contributed by atoms with Crippen molar-refractivity contribution in [1.82, 2.24) is 10.2 Å². The molecule has 0 atom stereocenters. The monoisotopic (exact) mass is 259 g/mol. The van der Waals surface area contributed by atoms with Crippen molar-refractivity contribution in [3.8, 4) is 11.8 Å².